The molecule has 8 nitrogen and oxygen atoms in total. The third-order valence-corrected chi connectivity index (χ3v) is 7.98. The molecule has 0 spiro atoms. The van der Waals surface area contributed by atoms with Gasteiger partial charge in [-0.25, -0.2) is 4.99 Å². The number of nitrogens with one attached hydrogen (secondary N) is 1. The van der Waals surface area contributed by atoms with Crippen LogP contribution < -0.4 is 15.8 Å². The van der Waals surface area contributed by atoms with Gasteiger partial charge in [-0.3, -0.25) is 14.5 Å². The lowest BCUT2D eigenvalue weighted by molar-refractivity contribution is -0.133. The second kappa shape index (κ2) is 9.80. The highest BCUT2D eigenvalue weighted by Crippen LogP contribution is 2.47. The standard InChI is InChI=1S/C27H40N4O4/c1-6-27(7-2)16-23(32)31(25(28)30-27)21(12-13-34-5)18-14-19(18)24(33)29-20-15-26(3,4)35-22-11-9-8-10-17(20)22/h8-11,18-21H,6-7,12-16H2,1-5H3,(H2,28,30)(H,29,33)/t18-,19-,20-,21-/m1/s1. The van der Waals surface area contributed by atoms with Crippen LogP contribution in [-0.4, -0.2) is 53.6 Å². The van der Waals surface area contributed by atoms with E-state index in [2.05, 4.69) is 5.32 Å². The minimum absolute atomic E-state index is 0.00605. The predicted molar refractivity (Wildman–Crippen MR) is 135 cm³/mol. The number of carbonyl (C=O) groups excluding carboxylic acids is 2. The highest BCUT2D eigenvalue weighted by atomic mass is 16.5. The summed E-state index contributed by atoms with van der Waals surface area (Å²) in [7, 11) is 1.65. The molecule has 1 aromatic rings. The molecule has 2 heterocycles. The first-order valence-electron chi connectivity index (χ1n) is 12.9. The third-order valence-electron chi connectivity index (χ3n) is 7.98. The molecule has 8 heteroatoms. The minimum atomic E-state index is -0.424. The zero-order valence-electron chi connectivity index (χ0n) is 21.7. The second-order valence-electron chi connectivity index (χ2n) is 10.9. The fourth-order valence-corrected chi connectivity index (χ4v) is 5.77. The quantitative estimate of drug-likeness (QED) is 0.558. The van der Waals surface area contributed by atoms with E-state index in [-0.39, 0.29) is 47.3 Å². The van der Waals surface area contributed by atoms with Gasteiger partial charge in [-0.2, -0.15) is 0 Å². The number of benzene rings is 1. The van der Waals surface area contributed by atoms with Gasteiger partial charge in [0.2, 0.25) is 11.8 Å². The summed E-state index contributed by atoms with van der Waals surface area (Å²) in [5.41, 5.74) is 6.60. The molecule has 0 bridgehead atoms. The number of carbonyl (C=O) groups is 2. The van der Waals surface area contributed by atoms with E-state index in [0.29, 0.717) is 25.9 Å². The molecule has 0 unspecified atom stereocenters. The van der Waals surface area contributed by atoms with Crippen LogP contribution in [0.15, 0.2) is 29.3 Å². The topological polar surface area (TPSA) is 106 Å². The Kier molecular flexibility index (Phi) is 7.13. The summed E-state index contributed by atoms with van der Waals surface area (Å²) in [6.45, 7) is 8.66. The van der Waals surface area contributed by atoms with Crippen LogP contribution in [0, 0.1) is 11.8 Å². The molecule has 192 valence electrons. The zero-order chi connectivity index (χ0) is 25.4. The molecule has 1 saturated carbocycles. The number of methoxy groups -OCH3 is 1. The molecule has 4 rings (SSSR count). The summed E-state index contributed by atoms with van der Waals surface area (Å²) < 4.78 is 11.5. The summed E-state index contributed by atoms with van der Waals surface area (Å²) >= 11 is 0. The minimum Gasteiger partial charge on any atom is -0.487 e. The maximum Gasteiger partial charge on any atom is 0.231 e. The van der Waals surface area contributed by atoms with Crippen LogP contribution in [-0.2, 0) is 14.3 Å². The van der Waals surface area contributed by atoms with E-state index in [1.165, 1.54) is 0 Å². The average Bonchev–Trinajstić information content (AvgIpc) is 3.60. The van der Waals surface area contributed by atoms with Gasteiger partial charge in [0.05, 0.1) is 18.0 Å². The van der Waals surface area contributed by atoms with Crippen LogP contribution in [0.2, 0.25) is 0 Å². The highest BCUT2D eigenvalue weighted by Gasteiger charge is 2.53. The molecule has 1 fully saturated rings. The molecule has 2 amide bonds. The number of guanidine groups is 1. The molecule has 1 aliphatic carbocycles. The van der Waals surface area contributed by atoms with E-state index in [9.17, 15) is 9.59 Å². The van der Waals surface area contributed by atoms with E-state index >= 15 is 0 Å². The normalized spacial score (nSPS) is 27.3. The lowest BCUT2D eigenvalue weighted by Crippen LogP contribution is -2.56. The Bertz CT molecular complexity index is 987. The predicted octanol–water partition coefficient (Wildman–Crippen LogP) is 3.55. The van der Waals surface area contributed by atoms with Crippen molar-refractivity contribution in [1.29, 1.82) is 0 Å². The fourth-order valence-electron chi connectivity index (χ4n) is 5.77. The van der Waals surface area contributed by atoms with Crippen molar-refractivity contribution >= 4 is 17.8 Å². The summed E-state index contributed by atoms with van der Waals surface area (Å²) in [5, 5.41) is 3.28. The number of nitrogens with zero attached hydrogens (tertiary/aromatic N) is 2. The number of nitrogens with two attached hydrogens (primary N) is 1. The number of hydrogen-bond acceptors (Lipinski definition) is 6. The van der Waals surface area contributed by atoms with Crippen molar-refractivity contribution in [3.8, 4) is 5.75 Å². The molecule has 3 aliphatic rings. The Morgan fingerprint density at radius 1 is 1.31 bits per heavy atom. The molecule has 3 N–H and O–H groups in total. The van der Waals surface area contributed by atoms with Gasteiger partial charge in [-0.1, -0.05) is 32.0 Å². The molecule has 4 atom stereocenters. The largest absolute Gasteiger partial charge is 0.487 e. The number of ether oxygens (including phenoxy) is 2. The number of hydrogen-bond donors (Lipinski definition) is 2. The summed E-state index contributed by atoms with van der Waals surface area (Å²) in [6, 6.07) is 7.57. The molecule has 0 aromatic heterocycles. The fraction of sp³-hybridized carbons (Fsp3) is 0.667. The molecule has 2 aliphatic heterocycles. The van der Waals surface area contributed by atoms with Crippen LogP contribution in [0.25, 0.3) is 0 Å². The van der Waals surface area contributed by atoms with E-state index < -0.39 is 5.54 Å². The Hall–Kier alpha value is -2.61. The van der Waals surface area contributed by atoms with Crippen LogP contribution in [0.1, 0.15) is 77.8 Å². The number of fused-ring (bicyclic) bond motifs is 1. The van der Waals surface area contributed by atoms with Gasteiger partial charge in [0, 0.05) is 37.7 Å². The molecule has 35 heavy (non-hydrogen) atoms. The van der Waals surface area contributed by atoms with Crippen LogP contribution in [0.4, 0.5) is 0 Å². The Morgan fingerprint density at radius 2 is 2.03 bits per heavy atom. The van der Waals surface area contributed by atoms with Crippen molar-refractivity contribution in [2.75, 3.05) is 13.7 Å². The van der Waals surface area contributed by atoms with E-state index in [0.717, 1.165) is 30.6 Å². The smallest absolute Gasteiger partial charge is 0.231 e. The molecule has 1 aromatic carbocycles. The maximum absolute atomic E-state index is 13.4. The number of para-hydroxylation sites is 1. The third kappa shape index (κ3) is 5.17. The van der Waals surface area contributed by atoms with E-state index in [1.807, 2.05) is 52.0 Å². The first-order chi connectivity index (χ1) is 16.6. The first-order valence-corrected chi connectivity index (χ1v) is 12.9. The Labute approximate surface area is 208 Å². The SMILES string of the molecule is CCC1(CC)CC(=O)N([C@H](CCOC)[C@@H]2C[C@H]2C(=O)N[C@@H]2CC(C)(C)Oc3ccccc32)C(N)=N1. The van der Waals surface area contributed by atoms with Gasteiger partial charge < -0.3 is 20.5 Å². The monoisotopic (exact) mass is 484 g/mol. The van der Waals surface area contributed by atoms with E-state index in [1.54, 1.807) is 12.0 Å². The molecular weight excluding hydrogens is 444 g/mol. The summed E-state index contributed by atoms with van der Waals surface area (Å²) in [6.07, 6.45) is 3.92. The summed E-state index contributed by atoms with van der Waals surface area (Å²) in [4.78, 5) is 33.1. The first kappa shape index (κ1) is 25.5. The summed E-state index contributed by atoms with van der Waals surface area (Å²) in [5.74, 6) is 0.968. The van der Waals surface area contributed by atoms with Gasteiger partial charge in [-0.05, 0) is 51.5 Å². The molecular formula is C27H40N4O4. The van der Waals surface area contributed by atoms with Crippen molar-refractivity contribution in [3.63, 3.8) is 0 Å². The number of aliphatic imine (C=N–C) groups is 1. The Balaban J connectivity index is 1.50. The van der Waals surface area contributed by atoms with Gasteiger partial charge in [0.1, 0.15) is 11.4 Å². The van der Waals surface area contributed by atoms with Gasteiger partial charge in [-0.15, -0.1) is 0 Å². The van der Waals surface area contributed by atoms with Crippen molar-refractivity contribution in [1.82, 2.24) is 10.2 Å². The maximum atomic E-state index is 13.4. The molecule has 0 saturated heterocycles. The van der Waals surface area contributed by atoms with Gasteiger partial charge >= 0.3 is 0 Å². The van der Waals surface area contributed by atoms with Crippen LogP contribution in [0.5, 0.6) is 5.75 Å². The van der Waals surface area contributed by atoms with Crippen molar-refractivity contribution in [3.05, 3.63) is 29.8 Å². The average molecular weight is 485 g/mol. The lowest BCUT2D eigenvalue weighted by Gasteiger charge is -2.40. The van der Waals surface area contributed by atoms with Gasteiger partial charge in [0.25, 0.3) is 0 Å². The number of amides is 2. The van der Waals surface area contributed by atoms with Crippen LogP contribution in [0.3, 0.4) is 0 Å². The second-order valence-corrected chi connectivity index (χ2v) is 10.9. The molecule has 0 radical (unpaired) electrons. The lowest BCUT2D eigenvalue weighted by atomic mass is 9.87. The zero-order valence-corrected chi connectivity index (χ0v) is 21.7. The van der Waals surface area contributed by atoms with Gasteiger partial charge in [0.15, 0.2) is 5.96 Å². The Morgan fingerprint density at radius 3 is 2.69 bits per heavy atom. The van der Waals surface area contributed by atoms with Crippen molar-refractivity contribution in [2.45, 2.75) is 89.4 Å². The number of rotatable bonds is 9. The highest BCUT2D eigenvalue weighted by molar-refractivity contribution is 5.99. The van der Waals surface area contributed by atoms with Crippen molar-refractivity contribution in [2.24, 2.45) is 22.6 Å². The van der Waals surface area contributed by atoms with E-state index in [4.69, 9.17) is 20.2 Å². The van der Waals surface area contributed by atoms with Crippen LogP contribution >= 0.6 is 0 Å². The van der Waals surface area contributed by atoms with Crippen molar-refractivity contribution < 1.29 is 19.1 Å².